The summed E-state index contributed by atoms with van der Waals surface area (Å²) in [6.45, 7) is 0.723. The third-order valence-electron chi connectivity index (χ3n) is 3.14. The molecular weight excluding hydrogens is 246 g/mol. The second kappa shape index (κ2) is 6.18. The third kappa shape index (κ3) is 3.45. The minimum atomic E-state index is -0.0200. The highest BCUT2D eigenvalue weighted by Crippen LogP contribution is 2.27. The maximum atomic E-state index is 11.3. The van der Waals surface area contributed by atoms with Crippen molar-refractivity contribution in [1.82, 2.24) is 15.2 Å². The Morgan fingerprint density at radius 2 is 2.17 bits per heavy atom. The van der Waals surface area contributed by atoms with E-state index in [2.05, 4.69) is 5.32 Å². The molecule has 1 aliphatic carbocycles. The highest BCUT2D eigenvalue weighted by atomic mass is 32.1. The van der Waals surface area contributed by atoms with Crippen LogP contribution in [0.4, 0.5) is 4.79 Å². The standard InChI is InChI=1S/C13H21N3OS/c1-16(2)13(17)14-9-5-8-12-15-10-6-3-4-7-11(10)18-12/h3-9H2,1-2H3,(H,14,17). The van der Waals surface area contributed by atoms with Gasteiger partial charge in [0.15, 0.2) is 0 Å². The number of carbonyl (C=O) groups excluding carboxylic acids is 1. The van der Waals surface area contributed by atoms with E-state index in [-0.39, 0.29) is 6.03 Å². The number of fused-ring (bicyclic) bond motifs is 1. The normalized spacial score (nSPS) is 14.1. The Balaban J connectivity index is 1.74. The van der Waals surface area contributed by atoms with Crippen molar-refractivity contribution in [2.45, 2.75) is 38.5 Å². The van der Waals surface area contributed by atoms with E-state index < -0.39 is 0 Å². The van der Waals surface area contributed by atoms with Gasteiger partial charge in [-0.1, -0.05) is 0 Å². The van der Waals surface area contributed by atoms with Crippen molar-refractivity contribution in [2.24, 2.45) is 0 Å². The molecule has 1 aromatic heterocycles. The van der Waals surface area contributed by atoms with E-state index >= 15 is 0 Å². The molecule has 0 atom stereocenters. The van der Waals surface area contributed by atoms with Crippen molar-refractivity contribution in [3.8, 4) is 0 Å². The van der Waals surface area contributed by atoms with Gasteiger partial charge in [0.2, 0.25) is 0 Å². The molecule has 0 saturated carbocycles. The minimum absolute atomic E-state index is 0.0200. The summed E-state index contributed by atoms with van der Waals surface area (Å²) in [6, 6.07) is -0.0200. The molecule has 0 radical (unpaired) electrons. The van der Waals surface area contributed by atoms with Crippen LogP contribution in [0, 0.1) is 0 Å². The van der Waals surface area contributed by atoms with E-state index in [0.29, 0.717) is 0 Å². The van der Waals surface area contributed by atoms with Gasteiger partial charge in [-0.05, 0) is 32.1 Å². The number of nitrogens with one attached hydrogen (secondary N) is 1. The number of carbonyl (C=O) groups is 1. The van der Waals surface area contributed by atoms with Crippen LogP contribution in [0.15, 0.2) is 0 Å². The average Bonchev–Trinajstić information content (AvgIpc) is 2.76. The van der Waals surface area contributed by atoms with Crippen LogP contribution in [0.5, 0.6) is 0 Å². The van der Waals surface area contributed by atoms with Crippen molar-refractivity contribution in [2.75, 3.05) is 20.6 Å². The Bertz CT molecular complexity index is 391. The first kappa shape index (κ1) is 13.3. The zero-order valence-electron chi connectivity index (χ0n) is 11.2. The van der Waals surface area contributed by atoms with Crippen LogP contribution in [-0.4, -0.2) is 36.6 Å². The Labute approximate surface area is 112 Å². The van der Waals surface area contributed by atoms with Gasteiger partial charge in [0.1, 0.15) is 0 Å². The highest BCUT2D eigenvalue weighted by molar-refractivity contribution is 7.11. The lowest BCUT2D eigenvalue weighted by Gasteiger charge is -2.11. The fraction of sp³-hybridized carbons (Fsp3) is 0.692. The summed E-state index contributed by atoms with van der Waals surface area (Å²) in [5, 5.41) is 4.11. The molecule has 2 rings (SSSR count). The quantitative estimate of drug-likeness (QED) is 0.850. The lowest BCUT2D eigenvalue weighted by molar-refractivity contribution is 0.217. The number of hydrogen-bond acceptors (Lipinski definition) is 3. The number of urea groups is 1. The first-order valence-electron chi connectivity index (χ1n) is 6.59. The fourth-order valence-corrected chi connectivity index (χ4v) is 3.30. The Morgan fingerprint density at radius 3 is 2.89 bits per heavy atom. The van der Waals surface area contributed by atoms with Crippen LogP contribution in [0.1, 0.15) is 34.8 Å². The van der Waals surface area contributed by atoms with Gasteiger partial charge >= 0.3 is 6.03 Å². The van der Waals surface area contributed by atoms with Crippen LogP contribution in [0.2, 0.25) is 0 Å². The predicted octanol–water partition coefficient (Wildman–Crippen LogP) is 2.23. The molecule has 0 spiro atoms. The second-order valence-electron chi connectivity index (χ2n) is 4.91. The van der Waals surface area contributed by atoms with Gasteiger partial charge in [0.05, 0.1) is 10.7 Å². The molecule has 1 aromatic rings. The van der Waals surface area contributed by atoms with Crippen molar-refractivity contribution in [3.05, 3.63) is 15.6 Å². The fourth-order valence-electron chi connectivity index (χ4n) is 2.11. The summed E-state index contributed by atoms with van der Waals surface area (Å²) in [5.74, 6) is 0. The summed E-state index contributed by atoms with van der Waals surface area (Å²) in [6.07, 6.45) is 6.91. The average molecular weight is 267 g/mol. The lowest BCUT2D eigenvalue weighted by atomic mass is 10.0. The summed E-state index contributed by atoms with van der Waals surface area (Å²) in [5.41, 5.74) is 1.33. The smallest absolute Gasteiger partial charge is 0.316 e. The number of aromatic nitrogens is 1. The molecule has 4 nitrogen and oxygen atoms in total. The topological polar surface area (TPSA) is 45.2 Å². The van der Waals surface area contributed by atoms with Crippen LogP contribution in [0.25, 0.3) is 0 Å². The molecule has 0 bridgehead atoms. The van der Waals surface area contributed by atoms with E-state index in [9.17, 15) is 4.79 Å². The Morgan fingerprint density at radius 1 is 1.39 bits per heavy atom. The molecule has 0 saturated heterocycles. The monoisotopic (exact) mass is 267 g/mol. The minimum Gasteiger partial charge on any atom is -0.338 e. The molecule has 2 amide bonds. The number of amides is 2. The van der Waals surface area contributed by atoms with E-state index in [4.69, 9.17) is 4.98 Å². The molecule has 1 heterocycles. The molecule has 0 fully saturated rings. The van der Waals surface area contributed by atoms with E-state index in [1.54, 1.807) is 19.0 Å². The summed E-state index contributed by atoms with van der Waals surface area (Å²) in [4.78, 5) is 19.1. The molecule has 5 heteroatoms. The van der Waals surface area contributed by atoms with Gasteiger partial charge in [-0.25, -0.2) is 9.78 Å². The summed E-state index contributed by atoms with van der Waals surface area (Å²) < 4.78 is 0. The van der Waals surface area contributed by atoms with Crippen LogP contribution in [-0.2, 0) is 19.3 Å². The maximum Gasteiger partial charge on any atom is 0.316 e. The molecule has 0 aromatic carbocycles. The first-order chi connectivity index (χ1) is 8.66. The lowest BCUT2D eigenvalue weighted by Crippen LogP contribution is -2.35. The largest absolute Gasteiger partial charge is 0.338 e. The first-order valence-corrected chi connectivity index (χ1v) is 7.41. The van der Waals surface area contributed by atoms with Crippen molar-refractivity contribution < 1.29 is 4.79 Å². The molecule has 1 aliphatic rings. The van der Waals surface area contributed by atoms with Crippen molar-refractivity contribution in [3.63, 3.8) is 0 Å². The van der Waals surface area contributed by atoms with Gasteiger partial charge in [-0.2, -0.15) is 0 Å². The van der Waals surface area contributed by atoms with E-state index in [1.165, 1.54) is 34.8 Å². The van der Waals surface area contributed by atoms with Crippen LogP contribution in [0.3, 0.4) is 0 Å². The van der Waals surface area contributed by atoms with Gasteiger partial charge in [-0.15, -0.1) is 11.3 Å². The number of aryl methyl sites for hydroxylation is 3. The van der Waals surface area contributed by atoms with E-state index in [1.807, 2.05) is 11.3 Å². The van der Waals surface area contributed by atoms with Crippen molar-refractivity contribution in [1.29, 1.82) is 0 Å². The van der Waals surface area contributed by atoms with Gasteiger partial charge < -0.3 is 10.2 Å². The number of hydrogen-bond donors (Lipinski definition) is 1. The predicted molar refractivity (Wildman–Crippen MR) is 74.2 cm³/mol. The summed E-state index contributed by atoms with van der Waals surface area (Å²) >= 11 is 1.87. The molecule has 18 heavy (non-hydrogen) atoms. The zero-order chi connectivity index (χ0) is 13.0. The molecular formula is C13H21N3OS. The van der Waals surface area contributed by atoms with Gasteiger partial charge in [0.25, 0.3) is 0 Å². The molecule has 100 valence electrons. The highest BCUT2D eigenvalue weighted by Gasteiger charge is 2.14. The third-order valence-corrected chi connectivity index (χ3v) is 4.36. The maximum absolute atomic E-state index is 11.3. The summed E-state index contributed by atoms with van der Waals surface area (Å²) in [7, 11) is 3.51. The van der Waals surface area contributed by atoms with E-state index in [0.717, 1.165) is 25.8 Å². The molecule has 0 aliphatic heterocycles. The van der Waals surface area contributed by atoms with Gasteiger partial charge in [-0.3, -0.25) is 0 Å². The van der Waals surface area contributed by atoms with Crippen molar-refractivity contribution >= 4 is 17.4 Å². The Kier molecular flexibility index (Phi) is 4.58. The Hall–Kier alpha value is -1.10. The van der Waals surface area contributed by atoms with Crippen LogP contribution < -0.4 is 5.32 Å². The second-order valence-corrected chi connectivity index (χ2v) is 6.08. The number of rotatable bonds is 4. The number of thiazole rings is 1. The van der Waals surface area contributed by atoms with Crippen LogP contribution >= 0.6 is 11.3 Å². The van der Waals surface area contributed by atoms with Gasteiger partial charge in [0, 0.05) is 31.9 Å². The molecule has 1 N–H and O–H groups in total. The zero-order valence-corrected chi connectivity index (χ0v) is 12.0. The SMILES string of the molecule is CN(C)C(=O)NCCCc1nc2c(s1)CCCC2. The molecule has 0 unspecified atom stereocenters. The number of nitrogens with zero attached hydrogens (tertiary/aromatic N) is 2.